The van der Waals surface area contributed by atoms with E-state index >= 15 is 0 Å². The van der Waals surface area contributed by atoms with Crippen molar-refractivity contribution in [2.24, 2.45) is 0 Å². The van der Waals surface area contributed by atoms with Gasteiger partial charge in [0.05, 0.1) is 12.0 Å². The lowest BCUT2D eigenvalue weighted by Gasteiger charge is -2.10. The molecule has 0 heterocycles. The molecule has 0 unspecified atom stereocenters. The van der Waals surface area contributed by atoms with Crippen molar-refractivity contribution in [3.63, 3.8) is 0 Å². The van der Waals surface area contributed by atoms with Crippen molar-refractivity contribution in [3.8, 4) is 11.8 Å². The summed E-state index contributed by atoms with van der Waals surface area (Å²) in [6, 6.07) is 13.7. The molecule has 6 heteroatoms. The van der Waals surface area contributed by atoms with Crippen LogP contribution in [0.2, 0.25) is 0 Å². The summed E-state index contributed by atoms with van der Waals surface area (Å²) in [4.78, 5) is 10.2. The summed E-state index contributed by atoms with van der Waals surface area (Å²) < 4.78 is 5.25. The fraction of sp³-hybridized carbons (Fsp3) is 0.133. The summed E-state index contributed by atoms with van der Waals surface area (Å²) in [7, 11) is 1.60. The van der Waals surface area contributed by atoms with Crippen LogP contribution in [-0.4, -0.2) is 12.0 Å². The average molecular weight is 283 g/mol. The van der Waals surface area contributed by atoms with Gasteiger partial charge in [-0.15, -0.1) is 0 Å². The van der Waals surface area contributed by atoms with Gasteiger partial charge in [-0.2, -0.15) is 5.26 Å². The van der Waals surface area contributed by atoms with Crippen LogP contribution in [0.25, 0.3) is 0 Å². The second-order valence-corrected chi connectivity index (χ2v) is 4.27. The van der Waals surface area contributed by atoms with Crippen LogP contribution in [0.15, 0.2) is 42.5 Å². The number of nitro groups is 1. The van der Waals surface area contributed by atoms with Crippen molar-refractivity contribution in [2.45, 2.75) is 6.54 Å². The van der Waals surface area contributed by atoms with Crippen LogP contribution in [0, 0.1) is 21.4 Å². The molecule has 2 aromatic carbocycles. The predicted molar refractivity (Wildman–Crippen MR) is 78.1 cm³/mol. The van der Waals surface area contributed by atoms with E-state index in [1.807, 2.05) is 30.3 Å². The summed E-state index contributed by atoms with van der Waals surface area (Å²) >= 11 is 0. The van der Waals surface area contributed by atoms with Crippen molar-refractivity contribution in [2.75, 3.05) is 12.4 Å². The highest BCUT2D eigenvalue weighted by Gasteiger charge is 2.13. The lowest BCUT2D eigenvalue weighted by molar-refractivity contribution is -0.385. The highest BCUT2D eigenvalue weighted by atomic mass is 16.6. The van der Waals surface area contributed by atoms with Crippen LogP contribution >= 0.6 is 0 Å². The molecule has 21 heavy (non-hydrogen) atoms. The molecule has 0 radical (unpaired) electrons. The van der Waals surface area contributed by atoms with Crippen LogP contribution in [0.5, 0.6) is 5.75 Å². The van der Waals surface area contributed by atoms with Crippen molar-refractivity contribution in [1.82, 2.24) is 0 Å². The lowest BCUT2D eigenvalue weighted by Crippen LogP contribution is -2.02. The average Bonchev–Trinajstić information content (AvgIpc) is 2.52. The maximum absolute atomic E-state index is 10.8. The van der Waals surface area contributed by atoms with Gasteiger partial charge in [0.1, 0.15) is 17.4 Å². The highest BCUT2D eigenvalue weighted by Crippen LogP contribution is 2.23. The van der Waals surface area contributed by atoms with Gasteiger partial charge in [-0.1, -0.05) is 18.2 Å². The summed E-state index contributed by atoms with van der Waals surface area (Å²) in [5.41, 5.74) is 1.44. The first kappa shape index (κ1) is 14.3. The third-order valence-electron chi connectivity index (χ3n) is 2.99. The number of nitrogens with one attached hydrogen (secondary N) is 1. The van der Waals surface area contributed by atoms with E-state index in [0.717, 1.165) is 11.3 Å². The van der Waals surface area contributed by atoms with Gasteiger partial charge in [-0.25, -0.2) is 0 Å². The van der Waals surface area contributed by atoms with Crippen LogP contribution in [0.4, 0.5) is 11.4 Å². The molecular weight excluding hydrogens is 270 g/mol. The first-order valence-corrected chi connectivity index (χ1v) is 6.20. The van der Waals surface area contributed by atoms with E-state index in [1.54, 1.807) is 13.2 Å². The van der Waals surface area contributed by atoms with Crippen molar-refractivity contribution < 1.29 is 9.66 Å². The van der Waals surface area contributed by atoms with Crippen LogP contribution in [0.3, 0.4) is 0 Å². The summed E-state index contributed by atoms with van der Waals surface area (Å²) in [6.07, 6.45) is 0. The molecule has 1 N–H and O–H groups in total. The molecule has 0 aliphatic heterocycles. The Kier molecular flexibility index (Phi) is 4.36. The minimum absolute atomic E-state index is 0.0324. The van der Waals surface area contributed by atoms with E-state index in [4.69, 9.17) is 10.00 Å². The van der Waals surface area contributed by atoms with Gasteiger partial charge in [-0.05, 0) is 18.2 Å². The zero-order valence-electron chi connectivity index (χ0n) is 11.4. The monoisotopic (exact) mass is 283 g/mol. The first-order chi connectivity index (χ1) is 10.2. The Labute approximate surface area is 121 Å². The maximum atomic E-state index is 10.8. The second kappa shape index (κ2) is 6.39. The number of ether oxygens (including phenoxy) is 1. The number of methoxy groups -OCH3 is 1. The van der Waals surface area contributed by atoms with Crippen LogP contribution in [-0.2, 0) is 6.54 Å². The Hall–Kier alpha value is -3.07. The quantitative estimate of drug-likeness (QED) is 0.673. The molecule has 0 bridgehead atoms. The van der Waals surface area contributed by atoms with Crippen molar-refractivity contribution >= 4 is 11.4 Å². The van der Waals surface area contributed by atoms with Crippen molar-refractivity contribution in [3.05, 3.63) is 63.7 Å². The molecule has 0 fully saturated rings. The number of nitro benzene ring substituents is 1. The number of hydrogen-bond acceptors (Lipinski definition) is 5. The van der Waals surface area contributed by atoms with E-state index in [0.29, 0.717) is 12.2 Å². The zero-order valence-corrected chi connectivity index (χ0v) is 11.4. The SMILES string of the molecule is COc1ccccc1CNc1ccc([N+](=O)[O-])c(C#N)c1. The molecule has 0 saturated heterocycles. The lowest BCUT2D eigenvalue weighted by atomic mass is 10.1. The van der Waals surface area contributed by atoms with Gasteiger partial charge in [0.15, 0.2) is 0 Å². The van der Waals surface area contributed by atoms with E-state index in [-0.39, 0.29) is 11.3 Å². The molecule has 0 aromatic heterocycles. The normalized spacial score (nSPS) is 9.71. The Morgan fingerprint density at radius 3 is 2.76 bits per heavy atom. The number of rotatable bonds is 5. The van der Waals surface area contributed by atoms with Crippen LogP contribution < -0.4 is 10.1 Å². The summed E-state index contributed by atoms with van der Waals surface area (Å²) in [5, 5.41) is 22.9. The Balaban J connectivity index is 2.18. The third-order valence-corrected chi connectivity index (χ3v) is 2.99. The molecule has 6 nitrogen and oxygen atoms in total. The molecule has 0 amide bonds. The first-order valence-electron chi connectivity index (χ1n) is 6.20. The van der Waals surface area contributed by atoms with Gasteiger partial charge in [0, 0.05) is 23.9 Å². The molecule has 0 aliphatic carbocycles. The van der Waals surface area contributed by atoms with Crippen LogP contribution in [0.1, 0.15) is 11.1 Å². The van der Waals surface area contributed by atoms with Crippen molar-refractivity contribution in [1.29, 1.82) is 5.26 Å². The number of anilines is 1. The van der Waals surface area contributed by atoms with Gasteiger partial charge in [0.2, 0.25) is 0 Å². The molecular formula is C15H13N3O3. The Bertz CT molecular complexity index is 708. The smallest absolute Gasteiger partial charge is 0.287 e. The standard InChI is InChI=1S/C15H13N3O3/c1-21-15-5-3-2-4-11(15)10-17-13-6-7-14(18(19)20)12(8-13)9-16/h2-8,17H,10H2,1H3. The van der Waals surface area contributed by atoms with Gasteiger partial charge < -0.3 is 10.1 Å². The van der Waals surface area contributed by atoms with E-state index in [9.17, 15) is 10.1 Å². The molecule has 106 valence electrons. The number of benzene rings is 2. The summed E-state index contributed by atoms with van der Waals surface area (Å²) in [5.74, 6) is 0.757. The maximum Gasteiger partial charge on any atom is 0.287 e. The van der Waals surface area contributed by atoms with E-state index in [2.05, 4.69) is 5.32 Å². The molecule has 0 aliphatic rings. The van der Waals surface area contributed by atoms with Gasteiger partial charge in [0.25, 0.3) is 5.69 Å². The number of nitriles is 1. The van der Waals surface area contributed by atoms with E-state index < -0.39 is 4.92 Å². The topological polar surface area (TPSA) is 88.2 Å². The molecule has 2 rings (SSSR count). The predicted octanol–water partition coefficient (Wildman–Crippen LogP) is 3.09. The molecule has 0 spiro atoms. The minimum Gasteiger partial charge on any atom is -0.496 e. The third kappa shape index (κ3) is 3.28. The Morgan fingerprint density at radius 2 is 2.10 bits per heavy atom. The number of nitrogens with zero attached hydrogens (tertiary/aromatic N) is 2. The van der Waals surface area contributed by atoms with Gasteiger partial charge >= 0.3 is 0 Å². The molecule has 0 atom stereocenters. The Morgan fingerprint density at radius 1 is 1.33 bits per heavy atom. The largest absolute Gasteiger partial charge is 0.496 e. The number of para-hydroxylation sites is 1. The fourth-order valence-electron chi connectivity index (χ4n) is 1.94. The summed E-state index contributed by atoms with van der Waals surface area (Å²) in [6.45, 7) is 0.493. The number of hydrogen-bond donors (Lipinski definition) is 1. The zero-order chi connectivity index (χ0) is 15.2. The fourth-order valence-corrected chi connectivity index (χ4v) is 1.94. The van der Waals surface area contributed by atoms with E-state index in [1.165, 1.54) is 12.1 Å². The highest BCUT2D eigenvalue weighted by molar-refractivity contribution is 5.59. The molecule has 0 saturated carbocycles. The van der Waals surface area contributed by atoms with Gasteiger partial charge in [-0.3, -0.25) is 10.1 Å². The second-order valence-electron chi connectivity index (χ2n) is 4.27. The molecule has 2 aromatic rings. The minimum atomic E-state index is -0.567.